The number of pyridine rings is 1. The minimum absolute atomic E-state index is 0.317. The maximum absolute atomic E-state index is 13.0. The van der Waals surface area contributed by atoms with Crippen LogP contribution in [0.3, 0.4) is 0 Å². The average molecular weight is 388 g/mol. The molecule has 1 aromatic heterocycles. The smallest absolute Gasteiger partial charge is 0.262 e. The van der Waals surface area contributed by atoms with Crippen LogP contribution >= 0.6 is 0 Å². The summed E-state index contributed by atoms with van der Waals surface area (Å²) in [4.78, 5) is 4.58. The zero-order valence-corrected chi connectivity index (χ0v) is 16.1. The average Bonchev–Trinajstić information content (AvgIpc) is 2.73. The van der Waals surface area contributed by atoms with E-state index in [-0.39, 0.29) is 0 Å². The third kappa shape index (κ3) is 4.05. The first-order valence-electron chi connectivity index (χ1n) is 9.11. The lowest BCUT2D eigenvalue weighted by molar-refractivity contribution is 0.600. The zero-order valence-electron chi connectivity index (χ0n) is 15.2. The van der Waals surface area contributed by atoms with Crippen molar-refractivity contribution in [1.82, 2.24) is 4.98 Å². The highest BCUT2D eigenvalue weighted by atomic mass is 32.2. The number of nitrogens with zero attached hydrogens (tertiary/aromatic N) is 1. The quantitative estimate of drug-likeness (QED) is 0.515. The Bertz CT molecular complexity index is 1210. The van der Waals surface area contributed by atoms with E-state index >= 15 is 0 Å². The molecular weight excluding hydrogens is 368 g/mol. The summed E-state index contributed by atoms with van der Waals surface area (Å²) >= 11 is 0. The highest BCUT2D eigenvalue weighted by molar-refractivity contribution is 7.92. The van der Waals surface area contributed by atoms with Crippen molar-refractivity contribution in [2.75, 3.05) is 4.72 Å². The third-order valence-corrected chi connectivity index (χ3v) is 6.12. The number of nitrogens with one attached hydrogen (secondary N) is 1. The van der Waals surface area contributed by atoms with Crippen molar-refractivity contribution in [3.8, 4) is 0 Å². The van der Waals surface area contributed by atoms with Crippen molar-refractivity contribution in [1.29, 1.82) is 0 Å². The number of sulfonamides is 1. The van der Waals surface area contributed by atoms with Crippen molar-refractivity contribution in [2.24, 2.45) is 0 Å². The molecule has 0 aliphatic carbocycles. The van der Waals surface area contributed by atoms with Crippen LogP contribution in [0.1, 0.15) is 11.1 Å². The van der Waals surface area contributed by atoms with Gasteiger partial charge in [-0.1, -0.05) is 54.6 Å². The predicted molar refractivity (Wildman–Crippen MR) is 113 cm³/mol. The number of rotatable bonds is 6. The summed E-state index contributed by atoms with van der Waals surface area (Å²) < 4.78 is 28.8. The molecule has 0 bridgehead atoms. The largest absolute Gasteiger partial charge is 0.280 e. The van der Waals surface area contributed by atoms with E-state index in [1.807, 2.05) is 48.5 Å². The molecule has 1 heterocycles. The molecule has 4 nitrogen and oxygen atoms in total. The van der Waals surface area contributed by atoms with Gasteiger partial charge in [-0.25, -0.2) is 8.42 Å². The van der Waals surface area contributed by atoms with E-state index < -0.39 is 10.0 Å². The number of hydrogen-bond donors (Lipinski definition) is 1. The summed E-state index contributed by atoms with van der Waals surface area (Å²) in [5.74, 6) is 0. The molecule has 28 heavy (non-hydrogen) atoms. The Kier molecular flexibility index (Phi) is 5.08. The molecule has 0 unspecified atom stereocenters. The van der Waals surface area contributed by atoms with Crippen LogP contribution in [-0.4, -0.2) is 13.4 Å². The van der Waals surface area contributed by atoms with Gasteiger partial charge in [0.15, 0.2) is 0 Å². The molecule has 0 saturated heterocycles. The third-order valence-electron chi connectivity index (χ3n) is 4.64. The molecule has 4 aromatic rings. The SMILES string of the molecule is O=S(=O)(Nc1ccc2ncccc2c1)c1ccccc1CCc1ccccc1. The van der Waals surface area contributed by atoms with E-state index in [0.29, 0.717) is 17.0 Å². The zero-order chi connectivity index (χ0) is 19.4. The molecule has 140 valence electrons. The minimum atomic E-state index is -3.69. The van der Waals surface area contributed by atoms with E-state index in [9.17, 15) is 8.42 Å². The van der Waals surface area contributed by atoms with Gasteiger partial charge in [-0.15, -0.1) is 0 Å². The Morgan fingerprint density at radius 1 is 0.786 bits per heavy atom. The summed E-state index contributed by atoms with van der Waals surface area (Å²) in [6, 6.07) is 26.3. The second kappa shape index (κ2) is 7.82. The van der Waals surface area contributed by atoms with Gasteiger partial charge in [0.2, 0.25) is 0 Å². The first kappa shape index (κ1) is 18.2. The van der Waals surface area contributed by atoms with Crippen LogP contribution in [0.15, 0.2) is 96.0 Å². The molecule has 0 aliphatic rings. The van der Waals surface area contributed by atoms with E-state index in [0.717, 1.165) is 22.9 Å². The van der Waals surface area contributed by atoms with Crippen molar-refractivity contribution in [2.45, 2.75) is 17.7 Å². The van der Waals surface area contributed by atoms with Crippen LogP contribution in [0.4, 0.5) is 5.69 Å². The van der Waals surface area contributed by atoms with Gasteiger partial charge in [0.1, 0.15) is 0 Å². The van der Waals surface area contributed by atoms with Gasteiger partial charge >= 0.3 is 0 Å². The Labute approximate surface area is 164 Å². The number of hydrogen-bond acceptors (Lipinski definition) is 3. The second-order valence-electron chi connectivity index (χ2n) is 6.61. The number of anilines is 1. The lowest BCUT2D eigenvalue weighted by atomic mass is 10.0. The van der Waals surface area contributed by atoms with Gasteiger partial charge in [-0.3, -0.25) is 9.71 Å². The van der Waals surface area contributed by atoms with Gasteiger partial charge in [0.25, 0.3) is 10.0 Å². The predicted octanol–water partition coefficient (Wildman–Crippen LogP) is 4.82. The van der Waals surface area contributed by atoms with Crippen LogP contribution in [0.25, 0.3) is 10.9 Å². The molecule has 4 rings (SSSR count). The summed E-state index contributed by atoms with van der Waals surface area (Å²) in [6.07, 6.45) is 3.16. The lowest BCUT2D eigenvalue weighted by Gasteiger charge is -2.13. The molecule has 0 amide bonds. The highest BCUT2D eigenvalue weighted by Gasteiger charge is 2.18. The molecule has 0 saturated carbocycles. The number of aromatic nitrogens is 1. The fourth-order valence-corrected chi connectivity index (χ4v) is 4.57. The van der Waals surface area contributed by atoms with Crippen molar-refractivity contribution >= 4 is 26.6 Å². The van der Waals surface area contributed by atoms with Crippen LogP contribution in [0, 0.1) is 0 Å². The first-order valence-corrected chi connectivity index (χ1v) is 10.6. The van der Waals surface area contributed by atoms with Crippen LogP contribution in [0.5, 0.6) is 0 Å². The minimum Gasteiger partial charge on any atom is -0.280 e. The summed E-state index contributed by atoms with van der Waals surface area (Å²) in [7, 11) is -3.69. The molecule has 0 fully saturated rings. The van der Waals surface area contributed by atoms with Gasteiger partial charge in [-0.05, 0) is 54.3 Å². The molecule has 0 spiro atoms. The van der Waals surface area contributed by atoms with Gasteiger partial charge < -0.3 is 0 Å². The van der Waals surface area contributed by atoms with E-state index in [1.54, 1.807) is 30.5 Å². The molecule has 0 atom stereocenters. The maximum Gasteiger partial charge on any atom is 0.262 e. The van der Waals surface area contributed by atoms with Crippen LogP contribution in [0.2, 0.25) is 0 Å². The molecule has 0 aliphatic heterocycles. The monoisotopic (exact) mass is 388 g/mol. The van der Waals surface area contributed by atoms with Crippen molar-refractivity contribution < 1.29 is 8.42 Å². The van der Waals surface area contributed by atoms with Gasteiger partial charge in [0.05, 0.1) is 10.4 Å². The Balaban J connectivity index is 1.59. The standard InChI is InChI=1S/C23H20N2O2S/c26-28(27,25-21-14-15-22-20(17-21)10-6-16-24-22)23-11-5-4-9-19(23)13-12-18-7-2-1-3-8-18/h1-11,14-17,25H,12-13H2. The summed E-state index contributed by atoms with van der Waals surface area (Å²) in [5, 5.41) is 0.889. The molecule has 3 aromatic carbocycles. The fourth-order valence-electron chi connectivity index (χ4n) is 3.25. The molecule has 1 N–H and O–H groups in total. The second-order valence-corrected chi connectivity index (χ2v) is 8.26. The van der Waals surface area contributed by atoms with Gasteiger partial charge in [0, 0.05) is 17.3 Å². The first-order chi connectivity index (χ1) is 13.6. The van der Waals surface area contributed by atoms with Crippen LogP contribution in [-0.2, 0) is 22.9 Å². The number of benzene rings is 3. The Hall–Kier alpha value is -3.18. The van der Waals surface area contributed by atoms with E-state index in [2.05, 4.69) is 21.8 Å². The van der Waals surface area contributed by atoms with Crippen molar-refractivity contribution in [3.63, 3.8) is 0 Å². The topological polar surface area (TPSA) is 59.1 Å². The van der Waals surface area contributed by atoms with E-state index in [1.165, 1.54) is 5.56 Å². The highest BCUT2D eigenvalue weighted by Crippen LogP contribution is 2.23. The molecule has 5 heteroatoms. The number of fused-ring (bicyclic) bond motifs is 1. The van der Waals surface area contributed by atoms with Gasteiger partial charge in [-0.2, -0.15) is 0 Å². The lowest BCUT2D eigenvalue weighted by Crippen LogP contribution is -2.15. The molecular formula is C23H20N2O2S. The van der Waals surface area contributed by atoms with Crippen molar-refractivity contribution in [3.05, 3.63) is 102 Å². The fraction of sp³-hybridized carbons (Fsp3) is 0.0870. The normalized spacial score (nSPS) is 11.4. The molecule has 0 radical (unpaired) electrons. The van der Waals surface area contributed by atoms with Crippen LogP contribution < -0.4 is 4.72 Å². The summed E-state index contributed by atoms with van der Waals surface area (Å²) in [5.41, 5.74) is 3.35. The summed E-state index contributed by atoms with van der Waals surface area (Å²) in [6.45, 7) is 0. The van der Waals surface area contributed by atoms with E-state index in [4.69, 9.17) is 0 Å². The Morgan fingerprint density at radius 2 is 1.57 bits per heavy atom. The number of aryl methyl sites for hydroxylation is 2. The maximum atomic E-state index is 13.0. The Morgan fingerprint density at radius 3 is 2.43 bits per heavy atom.